The molecule has 0 aliphatic carbocycles. The van der Waals surface area contributed by atoms with Crippen molar-refractivity contribution in [3.8, 4) is 0 Å². The third-order valence-corrected chi connectivity index (χ3v) is 13.2. The van der Waals surface area contributed by atoms with Gasteiger partial charge in [-0.05, 0) is 89.9 Å². The van der Waals surface area contributed by atoms with Crippen LogP contribution < -0.4 is 0 Å². The Kier molecular flexibility index (Phi) is 56.8. The molecule has 0 saturated heterocycles. The highest BCUT2D eigenvalue weighted by Crippen LogP contribution is 2.16. The summed E-state index contributed by atoms with van der Waals surface area (Å²) in [5, 5.41) is 0. The van der Waals surface area contributed by atoms with Gasteiger partial charge < -0.3 is 14.2 Å². The number of hydrogen-bond donors (Lipinski definition) is 0. The molecule has 6 heteroatoms. The lowest BCUT2D eigenvalue weighted by Crippen LogP contribution is -2.30. The van der Waals surface area contributed by atoms with Crippen LogP contribution in [0.25, 0.3) is 0 Å². The summed E-state index contributed by atoms with van der Waals surface area (Å²) < 4.78 is 16.9. The van der Waals surface area contributed by atoms with Crippen LogP contribution in [-0.2, 0) is 28.6 Å². The van der Waals surface area contributed by atoms with Crippen LogP contribution in [-0.4, -0.2) is 37.2 Å². The van der Waals surface area contributed by atoms with Gasteiger partial charge in [0.2, 0.25) is 0 Å². The Bertz CT molecular complexity index is 1320. The molecule has 0 saturated carbocycles. The van der Waals surface area contributed by atoms with Crippen molar-refractivity contribution in [3.63, 3.8) is 0 Å². The minimum absolute atomic E-state index is 0.0931. The first kappa shape index (κ1) is 67.8. The average Bonchev–Trinajstić information content (AvgIpc) is 3.37. The minimum Gasteiger partial charge on any atom is -0.462 e. The van der Waals surface area contributed by atoms with Crippen molar-refractivity contribution in [2.24, 2.45) is 0 Å². The van der Waals surface area contributed by atoms with Gasteiger partial charge in [0.15, 0.2) is 6.10 Å². The van der Waals surface area contributed by atoms with E-state index in [0.717, 1.165) is 77.0 Å². The highest BCUT2D eigenvalue weighted by molar-refractivity contribution is 5.71. The fraction of sp³-hybridized carbons (Fsp3) is 0.769. The molecule has 6 nitrogen and oxygen atoms in total. The molecule has 0 unspecified atom stereocenters. The second-order valence-corrected chi connectivity index (χ2v) is 20.3. The molecule has 0 aromatic rings. The summed E-state index contributed by atoms with van der Waals surface area (Å²) in [5.41, 5.74) is 0. The van der Waals surface area contributed by atoms with E-state index in [1.807, 2.05) is 0 Å². The molecule has 0 fully saturated rings. The van der Waals surface area contributed by atoms with Gasteiger partial charge in [-0.3, -0.25) is 14.4 Å². The standard InChI is InChI=1S/C65H114O6/c1-4-7-10-13-16-19-22-25-28-31-32-35-37-40-43-46-49-52-55-58-64(67)70-61-62(71-65(68)59-56-53-50-47-44-41-38-34-30-27-24-21-18-15-12-9-6-3)60-69-63(66)57-54-51-48-45-42-39-36-33-29-26-23-20-17-14-11-8-5-2/h17-18,20-21,26-27,29-30,36,39,45,48,62H,4-16,19,22-25,28,31-35,37-38,40-44,46-47,49-61H2,1-3H3/b20-17-,21-18-,29-26-,30-27-,39-36-,48-45-/t62-/m1/s1. The number of ether oxygens (including phenoxy) is 3. The maximum atomic E-state index is 12.9. The SMILES string of the molecule is CCCCC/C=C\C/C=C\C/C=C\C/C=C\CCCC(=O)OC[C@H](COC(=O)CCCCCCCCCCCCCCCCCCCCC)OC(=O)CCCCCCCCC/C=C\C/C=C\CCCCC. The van der Waals surface area contributed by atoms with Crippen LogP contribution in [0.5, 0.6) is 0 Å². The first-order valence-corrected chi connectivity index (χ1v) is 30.4. The first-order chi connectivity index (χ1) is 35.0. The second kappa shape index (κ2) is 59.4. The van der Waals surface area contributed by atoms with Gasteiger partial charge in [-0.25, -0.2) is 0 Å². The van der Waals surface area contributed by atoms with Crippen molar-refractivity contribution in [1.29, 1.82) is 0 Å². The van der Waals surface area contributed by atoms with Crippen LogP contribution in [0.3, 0.4) is 0 Å². The summed E-state index contributed by atoms with van der Waals surface area (Å²) in [5.74, 6) is -0.947. The van der Waals surface area contributed by atoms with Gasteiger partial charge >= 0.3 is 17.9 Å². The lowest BCUT2D eigenvalue weighted by Gasteiger charge is -2.18. The molecule has 0 N–H and O–H groups in total. The number of carbonyl (C=O) groups is 3. The molecule has 0 aromatic heterocycles. The average molecular weight is 992 g/mol. The van der Waals surface area contributed by atoms with E-state index in [2.05, 4.69) is 93.7 Å². The first-order valence-electron chi connectivity index (χ1n) is 30.4. The number of rotatable bonds is 55. The Morgan fingerprint density at radius 1 is 0.282 bits per heavy atom. The van der Waals surface area contributed by atoms with Crippen LogP contribution in [0.1, 0.15) is 303 Å². The Labute approximate surface area is 440 Å². The van der Waals surface area contributed by atoms with Crippen molar-refractivity contribution in [2.45, 2.75) is 309 Å². The minimum atomic E-state index is -0.801. The van der Waals surface area contributed by atoms with E-state index in [1.165, 1.54) is 180 Å². The third kappa shape index (κ3) is 57.6. The van der Waals surface area contributed by atoms with Gasteiger partial charge in [-0.15, -0.1) is 0 Å². The van der Waals surface area contributed by atoms with Crippen molar-refractivity contribution in [2.75, 3.05) is 13.2 Å². The summed E-state index contributed by atoms with van der Waals surface area (Å²) in [6.45, 7) is 6.57. The summed E-state index contributed by atoms with van der Waals surface area (Å²) in [4.78, 5) is 38.2. The maximum Gasteiger partial charge on any atom is 0.306 e. The molecule has 0 amide bonds. The smallest absolute Gasteiger partial charge is 0.306 e. The number of unbranched alkanes of at least 4 members (excludes halogenated alkanes) is 32. The number of hydrogen-bond acceptors (Lipinski definition) is 6. The predicted molar refractivity (Wildman–Crippen MR) is 307 cm³/mol. The molecule has 1 atom stereocenters. The van der Waals surface area contributed by atoms with Crippen molar-refractivity contribution in [3.05, 3.63) is 72.9 Å². The maximum absolute atomic E-state index is 12.9. The van der Waals surface area contributed by atoms with Crippen LogP contribution in [0, 0.1) is 0 Å². The van der Waals surface area contributed by atoms with E-state index in [9.17, 15) is 14.4 Å². The van der Waals surface area contributed by atoms with Gasteiger partial charge in [0.05, 0.1) is 0 Å². The highest BCUT2D eigenvalue weighted by Gasteiger charge is 2.19. The van der Waals surface area contributed by atoms with Crippen LogP contribution in [0.15, 0.2) is 72.9 Å². The molecule has 0 aromatic carbocycles. The highest BCUT2D eigenvalue weighted by atomic mass is 16.6. The molecule has 0 aliphatic rings. The zero-order chi connectivity index (χ0) is 51.4. The van der Waals surface area contributed by atoms with Crippen LogP contribution in [0.2, 0.25) is 0 Å². The van der Waals surface area contributed by atoms with E-state index >= 15 is 0 Å². The van der Waals surface area contributed by atoms with Crippen LogP contribution in [0.4, 0.5) is 0 Å². The van der Waals surface area contributed by atoms with E-state index < -0.39 is 6.10 Å². The van der Waals surface area contributed by atoms with Crippen molar-refractivity contribution < 1.29 is 28.6 Å². The monoisotopic (exact) mass is 991 g/mol. The molecule has 0 rings (SSSR count). The van der Waals surface area contributed by atoms with E-state index in [-0.39, 0.29) is 37.5 Å². The normalized spacial score (nSPS) is 12.5. The molecule has 0 spiro atoms. The molecule has 0 bridgehead atoms. The topological polar surface area (TPSA) is 78.9 Å². The molecule has 410 valence electrons. The summed E-state index contributed by atoms with van der Waals surface area (Å²) in [6.07, 6.45) is 76.1. The third-order valence-electron chi connectivity index (χ3n) is 13.2. The summed E-state index contributed by atoms with van der Waals surface area (Å²) in [7, 11) is 0. The van der Waals surface area contributed by atoms with Gasteiger partial charge in [-0.2, -0.15) is 0 Å². The number of carbonyl (C=O) groups excluding carboxylic acids is 3. The predicted octanol–water partition coefficient (Wildman–Crippen LogP) is 20.5. The van der Waals surface area contributed by atoms with Crippen molar-refractivity contribution >= 4 is 17.9 Å². The zero-order valence-electron chi connectivity index (χ0n) is 47.0. The summed E-state index contributed by atoms with van der Waals surface area (Å²) in [6, 6.07) is 0. The Morgan fingerprint density at radius 2 is 0.521 bits per heavy atom. The molecule has 71 heavy (non-hydrogen) atoms. The van der Waals surface area contributed by atoms with E-state index in [0.29, 0.717) is 19.3 Å². The Hall–Kier alpha value is -3.15. The number of allylic oxidation sites excluding steroid dienone is 12. The van der Waals surface area contributed by atoms with Gasteiger partial charge in [-0.1, -0.05) is 267 Å². The zero-order valence-corrected chi connectivity index (χ0v) is 47.0. The van der Waals surface area contributed by atoms with E-state index in [1.54, 1.807) is 0 Å². The Morgan fingerprint density at radius 3 is 0.873 bits per heavy atom. The summed E-state index contributed by atoms with van der Waals surface area (Å²) >= 11 is 0. The van der Waals surface area contributed by atoms with Gasteiger partial charge in [0, 0.05) is 19.3 Å². The van der Waals surface area contributed by atoms with E-state index in [4.69, 9.17) is 14.2 Å². The quantitative estimate of drug-likeness (QED) is 0.0261. The fourth-order valence-corrected chi connectivity index (χ4v) is 8.58. The molecule has 0 aliphatic heterocycles. The molecule has 0 radical (unpaired) electrons. The molecular weight excluding hydrogens is 877 g/mol. The lowest BCUT2D eigenvalue weighted by molar-refractivity contribution is -0.167. The lowest BCUT2D eigenvalue weighted by atomic mass is 10.0. The molecular formula is C65H114O6. The fourth-order valence-electron chi connectivity index (χ4n) is 8.58. The van der Waals surface area contributed by atoms with Crippen molar-refractivity contribution in [1.82, 2.24) is 0 Å². The second-order valence-electron chi connectivity index (χ2n) is 20.3. The van der Waals surface area contributed by atoms with Gasteiger partial charge in [0.1, 0.15) is 13.2 Å². The largest absolute Gasteiger partial charge is 0.462 e. The Balaban J connectivity index is 4.44. The van der Waals surface area contributed by atoms with Gasteiger partial charge in [0.25, 0.3) is 0 Å². The molecule has 0 heterocycles. The number of esters is 3. The van der Waals surface area contributed by atoms with Crippen LogP contribution >= 0.6 is 0 Å².